The molecule has 82 valence electrons. The molecule has 0 amide bonds. The number of hydrogen-bond donors (Lipinski definition) is 1. The number of nitrogens with two attached hydrogens (primary N) is 1. The molecule has 0 saturated heterocycles. The number of aromatic nitrogens is 2. The molecule has 3 nitrogen and oxygen atoms in total. The van der Waals surface area contributed by atoms with Crippen molar-refractivity contribution < 1.29 is 0 Å². The molecule has 0 radical (unpaired) electrons. The number of rotatable bonds is 1. The van der Waals surface area contributed by atoms with Gasteiger partial charge in [0.05, 0.1) is 28.1 Å². The third-order valence-electron chi connectivity index (χ3n) is 1.93. The number of benzene rings is 1. The fraction of sp³-hybridized carbons (Fsp3) is 0. The summed E-state index contributed by atoms with van der Waals surface area (Å²) in [5, 5.41) is 1.33. The topological polar surface area (TPSA) is 51.8 Å². The molecule has 0 bridgehead atoms. The van der Waals surface area contributed by atoms with E-state index in [0.717, 1.165) is 0 Å². The second-order valence-electron chi connectivity index (χ2n) is 3.07. The van der Waals surface area contributed by atoms with Gasteiger partial charge in [-0.05, 0) is 12.1 Å². The van der Waals surface area contributed by atoms with Gasteiger partial charge in [0.25, 0.3) is 0 Å². The van der Waals surface area contributed by atoms with Crippen LogP contribution in [0.3, 0.4) is 0 Å². The standard InChI is InChI=1S/C10H6Cl3N3/c11-5-1-6(12)10(7(13)2-5)8-3-16-9(14)4-15-8/h1-4H,(H2,14,16). The summed E-state index contributed by atoms with van der Waals surface area (Å²) in [7, 11) is 0. The van der Waals surface area contributed by atoms with Crippen LogP contribution in [0.2, 0.25) is 15.1 Å². The predicted octanol–water partition coefficient (Wildman–Crippen LogP) is 3.69. The van der Waals surface area contributed by atoms with E-state index in [1.54, 1.807) is 12.1 Å². The molecule has 2 N–H and O–H groups in total. The molecule has 1 aromatic heterocycles. The summed E-state index contributed by atoms with van der Waals surface area (Å²) in [6, 6.07) is 3.20. The van der Waals surface area contributed by atoms with Crippen LogP contribution in [0, 0.1) is 0 Å². The number of halogens is 3. The monoisotopic (exact) mass is 273 g/mol. The molecule has 0 spiro atoms. The highest BCUT2D eigenvalue weighted by molar-refractivity contribution is 6.41. The lowest BCUT2D eigenvalue weighted by atomic mass is 10.1. The van der Waals surface area contributed by atoms with E-state index in [9.17, 15) is 0 Å². The van der Waals surface area contributed by atoms with Gasteiger partial charge in [0.15, 0.2) is 0 Å². The highest BCUT2D eigenvalue weighted by Crippen LogP contribution is 2.35. The summed E-state index contributed by atoms with van der Waals surface area (Å²) in [5.41, 5.74) is 6.60. The summed E-state index contributed by atoms with van der Waals surface area (Å²) in [5.74, 6) is 0.338. The Morgan fingerprint density at radius 1 is 0.938 bits per heavy atom. The molecule has 2 rings (SSSR count). The van der Waals surface area contributed by atoms with Crippen molar-refractivity contribution in [3.05, 3.63) is 39.6 Å². The Bertz CT molecular complexity index is 502. The second-order valence-corrected chi connectivity index (χ2v) is 4.32. The molecule has 1 aromatic carbocycles. The minimum absolute atomic E-state index is 0.338. The first kappa shape index (κ1) is 11.5. The Kier molecular flexibility index (Phi) is 3.19. The largest absolute Gasteiger partial charge is 0.382 e. The molecule has 2 aromatic rings. The Hall–Kier alpha value is -1.03. The van der Waals surface area contributed by atoms with Crippen LogP contribution in [0.1, 0.15) is 0 Å². The van der Waals surface area contributed by atoms with E-state index >= 15 is 0 Å². The van der Waals surface area contributed by atoms with Gasteiger partial charge in [-0.3, -0.25) is 4.98 Å². The first-order valence-corrected chi connectivity index (χ1v) is 5.44. The smallest absolute Gasteiger partial charge is 0.141 e. The molecule has 0 atom stereocenters. The van der Waals surface area contributed by atoms with Gasteiger partial charge in [-0.15, -0.1) is 0 Å². The average Bonchev–Trinajstić information content (AvgIpc) is 2.19. The fourth-order valence-electron chi connectivity index (χ4n) is 1.25. The number of nitrogens with zero attached hydrogens (tertiary/aromatic N) is 2. The molecular formula is C10H6Cl3N3. The quantitative estimate of drug-likeness (QED) is 0.863. The van der Waals surface area contributed by atoms with Crippen LogP contribution in [-0.4, -0.2) is 9.97 Å². The second kappa shape index (κ2) is 4.45. The van der Waals surface area contributed by atoms with Crippen LogP contribution in [0.4, 0.5) is 5.82 Å². The maximum atomic E-state index is 6.04. The van der Waals surface area contributed by atoms with E-state index in [1.165, 1.54) is 12.4 Å². The van der Waals surface area contributed by atoms with Crippen molar-refractivity contribution in [2.24, 2.45) is 0 Å². The highest BCUT2D eigenvalue weighted by atomic mass is 35.5. The van der Waals surface area contributed by atoms with Crippen molar-refractivity contribution in [1.29, 1.82) is 0 Å². The van der Waals surface area contributed by atoms with Crippen molar-refractivity contribution >= 4 is 40.6 Å². The van der Waals surface area contributed by atoms with Crippen LogP contribution >= 0.6 is 34.8 Å². The zero-order valence-electron chi connectivity index (χ0n) is 7.92. The lowest BCUT2D eigenvalue weighted by Gasteiger charge is -2.06. The minimum Gasteiger partial charge on any atom is -0.382 e. The maximum absolute atomic E-state index is 6.04. The summed E-state index contributed by atoms with van der Waals surface area (Å²) in [6.07, 6.45) is 2.95. The molecule has 1 heterocycles. The molecule has 0 fully saturated rings. The molecule has 0 unspecified atom stereocenters. The van der Waals surface area contributed by atoms with E-state index < -0.39 is 0 Å². The van der Waals surface area contributed by atoms with Crippen molar-refractivity contribution in [3.63, 3.8) is 0 Å². The highest BCUT2D eigenvalue weighted by Gasteiger charge is 2.11. The van der Waals surface area contributed by atoms with Crippen LogP contribution in [0.25, 0.3) is 11.3 Å². The SMILES string of the molecule is Nc1cnc(-c2c(Cl)cc(Cl)cc2Cl)cn1. The molecule has 0 aliphatic rings. The summed E-state index contributed by atoms with van der Waals surface area (Å²) < 4.78 is 0. The first-order chi connectivity index (χ1) is 7.58. The lowest BCUT2D eigenvalue weighted by Crippen LogP contribution is -1.93. The molecule has 6 heteroatoms. The molecule has 0 aliphatic carbocycles. The Labute approximate surface area is 107 Å². The van der Waals surface area contributed by atoms with Gasteiger partial charge in [-0.1, -0.05) is 34.8 Å². The molecule has 0 saturated carbocycles. The Morgan fingerprint density at radius 3 is 2.06 bits per heavy atom. The van der Waals surface area contributed by atoms with Gasteiger partial charge < -0.3 is 5.73 Å². The van der Waals surface area contributed by atoms with Crippen molar-refractivity contribution in [2.45, 2.75) is 0 Å². The lowest BCUT2D eigenvalue weighted by molar-refractivity contribution is 1.22. The predicted molar refractivity (Wildman–Crippen MR) is 66.9 cm³/mol. The number of anilines is 1. The summed E-state index contributed by atoms with van der Waals surface area (Å²) in [4.78, 5) is 8.03. The minimum atomic E-state index is 0.338. The Balaban J connectivity index is 2.60. The zero-order chi connectivity index (χ0) is 11.7. The van der Waals surface area contributed by atoms with Crippen molar-refractivity contribution in [1.82, 2.24) is 9.97 Å². The summed E-state index contributed by atoms with van der Waals surface area (Å²) >= 11 is 17.9. The average molecular weight is 275 g/mol. The van der Waals surface area contributed by atoms with Gasteiger partial charge >= 0.3 is 0 Å². The van der Waals surface area contributed by atoms with Gasteiger partial charge in [0.2, 0.25) is 0 Å². The van der Waals surface area contributed by atoms with Gasteiger partial charge in [0, 0.05) is 10.6 Å². The normalized spacial score (nSPS) is 10.4. The molecule has 16 heavy (non-hydrogen) atoms. The number of nitrogen functional groups attached to an aromatic ring is 1. The third kappa shape index (κ3) is 2.21. The number of hydrogen-bond acceptors (Lipinski definition) is 3. The van der Waals surface area contributed by atoms with E-state index in [4.69, 9.17) is 40.5 Å². The zero-order valence-corrected chi connectivity index (χ0v) is 10.2. The van der Waals surface area contributed by atoms with Crippen molar-refractivity contribution in [3.8, 4) is 11.3 Å². The van der Waals surface area contributed by atoms with Gasteiger partial charge in [0.1, 0.15) is 5.82 Å². The molecule has 0 aliphatic heterocycles. The van der Waals surface area contributed by atoms with E-state index in [1.807, 2.05) is 0 Å². The van der Waals surface area contributed by atoms with Crippen molar-refractivity contribution in [2.75, 3.05) is 5.73 Å². The first-order valence-electron chi connectivity index (χ1n) is 4.30. The van der Waals surface area contributed by atoms with E-state index in [0.29, 0.717) is 32.1 Å². The maximum Gasteiger partial charge on any atom is 0.141 e. The van der Waals surface area contributed by atoms with Crippen LogP contribution in [0.5, 0.6) is 0 Å². The van der Waals surface area contributed by atoms with E-state index in [2.05, 4.69) is 9.97 Å². The van der Waals surface area contributed by atoms with Crippen LogP contribution in [0.15, 0.2) is 24.5 Å². The Morgan fingerprint density at radius 2 is 1.56 bits per heavy atom. The third-order valence-corrected chi connectivity index (χ3v) is 2.75. The van der Waals surface area contributed by atoms with Gasteiger partial charge in [-0.2, -0.15) is 0 Å². The van der Waals surface area contributed by atoms with Crippen LogP contribution < -0.4 is 5.73 Å². The fourth-order valence-corrected chi connectivity index (χ4v) is 2.26. The van der Waals surface area contributed by atoms with Crippen LogP contribution in [-0.2, 0) is 0 Å². The van der Waals surface area contributed by atoms with E-state index in [-0.39, 0.29) is 0 Å². The summed E-state index contributed by atoms with van der Waals surface area (Å²) in [6.45, 7) is 0. The molecular weight excluding hydrogens is 268 g/mol. The van der Waals surface area contributed by atoms with Gasteiger partial charge in [-0.25, -0.2) is 4.98 Å².